The summed E-state index contributed by atoms with van der Waals surface area (Å²) in [6, 6.07) is 6.94. The third kappa shape index (κ3) is 4.34. The van der Waals surface area contributed by atoms with Gasteiger partial charge in [0.2, 0.25) is 5.91 Å². The van der Waals surface area contributed by atoms with Gasteiger partial charge in [-0.25, -0.2) is 0 Å². The van der Waals surface area contributed by atoms with E-state index < -0.39 is 11.4 Å². The lowest BCUT2D eigenvalue weighted by atomic mass is 9.90. The number of hydrogen-bond donors (Lipinski definition) is 1. The van der Waals surface area contributed by atoms with Gasteiger partial charge in [-0.1, -0.05) is 12.1 Å². The van der Waals surface area contributed by atoms with Gasteiger partial charge < -0.3 is 14.7 Å². The summed E-state index contributed by atoms with van der Waals surface area (Å²) in [5, 5.41) is 9.19. The van der Waals surface area contributed by atoms with Crippen LogP contribution in [0.2, 0.25) is 0 Å². The van der Waals surface area contributed by atoms with E-state index in [4.69, 9.17) is 4.74 Å². The van der Waals surface area contributed by atoms with Crippen molar-refractivity contribution in [1.29, 1.82) is 0 Å². The number of hydrogen-bond acceptors (Lipinski definition) is 4. The first kappa shape index (κ1) is 18.0. The van der Waals surface area contributed by atoms with E-state index in [1.54, 1.807) is 36.1 Å². The molecule has 1 aromatic carbocycles. The Morgan fingerprint density at radius 2 is 2.08 bits per heavy atom. The van der Waals surface area contributed by atoms with Crippen molar-refractivity contribution >= 4 is 17.7 Å². The van der Waals surface area contributed by atoms with Gasteiger partial charge in [-0.15, -0.1) is 0 Å². The molecule has 1 saturated heterocycles. The number of likely N-dealkylation sites (tertiary alicyclic amines) is 1. The van der Waals surface area contributed by atoms with Crippen LogP contribution in [0.25, 0.3) is 0 Å². The lowest BCUT2D eigenvalue weighted by Gasteiger charge is -2.20. The van der Waals surface area contributed by atoms with E-state index in [0.717, 1.165) is 0 Å². The van der Waals surface area contributed by atoms with Crippen LogP contribution in [0.5, 0.6) is 5.75 Å². The van der Waals surface area contributed by atoms with Crippen LogP contribution in [0.3, 0.4) is 0 Å². The summed E-state index contributed by atoms with van der Waals surface area (Å²) < 4.78 is 5.57. The Morgan fingerprint density at radius 1 is 1.33 bits per heavy atom. The Balaban J connectivity index is 1.75. The molecule has 1 fully saturated rings. The minimum atomic E-state index is -0.855. The van der Waals surface area contributed by atoms with Gasteiger partial charge in [0.05, 0.1) is 12.0 Å². The number of rotatable bonds is 7. The first-order valence-corrected chi connectivity index (χ1v) is 8.07. The molecule has 1 aliphatic heterocycles. The molecule has 1 heterocycles. The average Bonchev–Trinajstić information content (AvgIpc) is 2.96. The fraction of sp³-hybridized carbons (Fsp3) is 0.500. The van der Waals surface area contributed by atoms with E-state index in [1.807, 2.05) is 0 Å². The molecule has 1 aliphatic rings. The van der Waals surface area contributed by atoms with Crippen LogP contribution < -0.4 is 4.74 Å². The maximum Gasteiger partial charge on any atom is 0.311 e. The number of aliphatic carboxylic acids is 1. The molecule has 6 nitrogen and oxygen atoms in total. The van der Waals surface area contributed by atoms with Gasteiger partial charge in [0.25, 0.3) is 0 Å². The van der Waals surface area contributed by atoms with Crippen molar-refractivity contribution in [2.45, 2.75) is 33.1 Å². The third-order valence-electron chi connectivity index (χ3n) is 4.39. The first-order chi connectivity index (χ1) is 11.3. The molecule has 1 atom stereocenters. The molecule has 0 bridgehead atoms. The highest BCUT2D eigenvalue weighted by Crippen LogP contribution is 2.30. The maximum atomic E-state index is 12.1. The molecule has 1 amide bonds. The number of ether oxygens (including phenoxy) is 1. The number of amides is 1. The fourth-order valence-corrected chi connectivity index (χ4v) is 2.72. The molecule has 2 rings (SSSR count). The molecule has 0 radical (unpaired) electrons. The molecule has 0 aromatic heterocycles. The van der Waals surface area contributed by atoms with Crippen LogP contribution in [0.1, 0.15) is 43.5 Å². The number of carboxylic acid groups (broad SMARTS) is 1. The second-order valence-corrected chi connectivity index (χ2v) is 6.47. The Labute approximate surface area is 141 Å². The van der Waals surface area contributed by atoms with Crippen LogP contribution in [-0.4, -0.2) is 47.4 Å². The predicted octanol–water partition coefficient (Wildman–Crippen LogP) is 2.37. The second kappa shape index (κ2) is 7.47. The van der Waals surface area contributed by atoms with E-state index in [2.05, 4.69) is 0 Å². The summed E-state index contributed by atoms with van der Waals surface area (Å²) in [5.74, 6) is -0.312. The molecular formula is C18H23NO5. The van der Waals surface area contributed by atoms with E-state index >= 15 is 0 Å². The molecule has 24 heavy (non-hydrogen) atoms. The van der Waals surface area contributed by atoms with E-state index in [0.29, 0.717) is 43.7 Å². The van der Waals surface area contributed by atoms with Gasteiger partial charge in [-0.2, -0.15) is 0 Å². The van der Waals surface area contributed by atoms with Crippen LogP contribution in [-0.2, 0) is 9.59 Å². The Hall–Kier alpha value is -2.37. The van der Waals surface area contributed by atoms with Gasteiger partial charge in [-0.05, 0) is 38.8 Å². The standard InChI is InChI=1S/C18H23NO5/c1-13(20)14-5-3-6-15(11-14)24-10-4-7-16(21)19-9-8-18(2,12-19)17(22)23/h3,5-6,11H,4,7-10,12H2,1-2H3,(H,22,23). The SMILES string of the molecule is CC(=O)c1cccc(OCCCC(=O)N2CCC(C)(C(=O)O)C2)c1. The normalized spacial score (nSPS) is 20.0. The van der Waals surface area contributed by atoms with Crippen LogP contribution in [0, 0.1) is 5.41 Å². The summed E-state index contributed by atoms with van der Waals surface area (Å²) in [5.41, 5.74) is -0.243. The minimum Gasteiger partial charge on any atom is -0.494 e. The van der Waals surface area contributed by atoms with Crippen LogP contribution >= 0.6 is 0 Å². The number of carbonyl (C=O) groups is 3. The minimum absolute atomic E-state index is 0.0221. The predicted molar refractivity (Wildman–Crippen MR) is 88.1 cm³/mol. The van der Waals surface area contributed by atoms with Gasteiger partial charge in [0.15, 0.2) is 5.78 Å². The highest BCUT2D eigenvalue weighted by molar-refractivity contribution is 5.94. The van der Waals surface area contributed by atoms with E-state index in [1.165, 1.54) is 6.92 Å². The van der Waals surface area contributed by atoms with E-state index in [-0.39, 0.29) is 18.2 Å². The molecule has 1 N–H and O–H groups in total. The largest absolute Gasteiger partial charge is 0.494 e. The van der Waals surface area contributed by atoms with Gasteiger partial charge in [0.1, 0.15) is 5.75 Å². The number of benzene rings is 1. The lowest BCUT2D eigenvalue weighted by molar-refractivity contribution is -0.147. The topological polar surface area (TPSA) is 83.9 Å². The third-order valence-corrected chi connectivity index (χ3v) is 4.39. The summed E-state index contributed by atoms with van der Waals surface area (Å²) >= 11 is 0. The van der Waals surface area contributed by atoms with Crippen LogP contribution in [0.4, 0.5) is 0 Å². The summed E-state index contributed by atoms with van der Waals surface area (Å²) in [4.78, 5) is 36.3. The highest BCUT2D eigenvalue weighted by atomic mass is 16.5. The molecule has 0 saturated carbocycles. The Morgan fingerprint density at radius 3 is 2.71 bits per heavy atom. The highest BCUT2D eigenvalue weighted by Gasteiger charge is 2.41. The summed E-state index contributed by atoms with van der Waals surface area (Å²) in [6.45, 7) is 4.30. The molecule has 1 unspecified atom stereocenters. The maximum absolute atomic E-state index is 12.1. The smallest absolute Gasteiger partial charge is 0.311 e. The monoisotopic (exact) mass is 333 g/mol. The fourth-order valence-electron chi connectivity index (χ4n) is 2.72. The zero-order chi connectivity index (χ0) is 17.7. The number of Topliss-reactive ketones (excluding diaryl/α,β-unsaturated/α-hetero) is 1. The molecular weight excluding hydrogens is 310 g/mol. The number of carboxylic acids is 1. The number of nitrogens with zero attached hydrogens (tertiary/aromatic N) is 1. The molecule has 130 valence electrons. The number of carbonyl (C=O) groups excluding carboxylic acids is 2. The molecule has 0 spiro atoms. The molecule has 0 aliphatic carbocycles. The second-order valence-electron chi connectivity index (χ2n) is 6.47. The van der Waals surface area contributed by atoms with Crippen molar-refractivity contribution in [1.82, 2.24) is 4.90 Å². The molecule has 6 heteroatoms. The average molecular weight is 333 g/mol. The first-order valence-electron chi connectivity index (χ1n) is 8.07. The number of ketones is 1. The van der Waals surface area contributed by atoms with Gasteiger partial charge in [0, 0.05) is 25.1 Å². The van der Waals surface area contributed by atoms with Crippen molar-refractivity contribution in [3.63, 3.8) is 0 Å². The van der Waals surface area contributed by atoms with E-state index in [9.17, 15) is 19.5 Å². The quantitative estimate of drug-likeness (QED) is 0.612. The van der Waals surface area contributed by atoms with Crippen LogP contribution in [0.15, 0.2) is 24.3 Å². The summed E-state index contributed by atoms with van der Waals surface area (Å²) in [7, 11) is 0. The molecule has 1 aromatic rings. The van der Waals surface area contributed by atoms with Crippen molar-refractivity contribution in [2.75, 3.05) is 19.7 Å². The van der Waals surface area contributed by atoms with Gasteiger partial charge in [-0.3, -0.25) is 14.4 Å². The van der Waals surface area contributed by atoms with Crippen molar-refractivity contribution in [3.05, 3.63) is 29.8 Å². The Kier molecular flexibility index (Phi) is 5.59. The summed E-state index contributed by atoms with van der Waals surface area (Å²) in [6.07, 6.45) is 1.36. The zero-order valence-corrected chi connectivity index (χ0v) is 14.1. The van der Waals surface area contributed by atoms with Crippen molar-refractivity contribution in [2.24, 2.45) is 5.41 Å². The van der Waals surface area contributed by atoms with Crippen molar-refractivity contribution in [3.8, 4) is 5.75 Å². The Bertz CT molecular complexity index is 642. The van der Waals surface area contributed by atoms with Gasteiger partial charge >= 0.3 is 5.97 Å². The van der Waals surface area contributed by atoms with Crippen molar-refractivity contribution < 1.29 is 24.2 Å². The lowest BCUT2D eigenvalue weighted by Crippen LogP contribution is -2.34. The zero-order valence-electron chi connectivity index (χ0n) is 14.1.